The van der Waals surface area contributed by atoms with E-state index < -0.39 is 22.7 Å². The van der Waals surface area contributed by atoms with Crippen LogP contribution in [-0.4, -0.2) is 67.9 Å². The molecule has 194 valence electrons. The second-order valence-electron chi connectivity index (χ2n) is 11.3. The molecule has 8 nitrogen and oxygen atoms in total. The van der Waals surface area contributed by atoms with Crippen molar-refractivity contribution in [3.63, 3.8) is 0 Å². The molecule has 2 aliphatic heterocycles. The van der Waals surface area contributed by atoms with Crippen molar-refractivity contribution in [1.29, 1.82) is 0 Å². The summed E-state index contributed by atoms with van der Waals surface area (Å²) in [7, 11) is 0. The molecule has 4 aliphatic rings. The minimum absolute atomic E-state index is 0.382. The molecule has 2 N–H and O–H groups in total. The van der Waals surface area contributed by atoms with Gasteiger partial charge in [0.05, 0.1) is 0 Å². The molecule has 2 atom stereocenters. The first kappa shape index (κ1) is 25.5. The van der Waals surface area contributed by atoms with Gasteiger partial charge in [-0.3, -0.25) is 9.80 Å². The lowest BCUT2D eigenvalue weighted by Gasteiger charge is -2.42. The molecule has 2 saturated carbocycles. The largest absolute Gasteiger partial charge is 0.438 e. The van der Waals surface area contributed by atoms with Crippen LogP contribution < -0.4 is 0 Å². The van der Waals surface area contributed by atoms with Gasteiger partial charge in [0.15, 0.2) is 22.7 Å². The molecule has 0 unspecified atom stereocenters. The first-order valence-electron chi connectivity index (χ1n) is 13.6. The van der Waals surface area contributed by atoms with Gasteiger partial charge in [-0.2, -0.15) is 0 Å². The van der Waals surface area contributed by atoms with E-state index in [0.717, 1.165) is 103 Å². The van der Waals surface area contributed by atoms with E-state index in [2.05, 4.69) is 0 Å². The van der Waals surface area contributed by atoms with Gasteiger partial charge in [-0.25, -0.2) is 9.59 Å². The van der Waals surface area contributed by atoms with Gasteiger partial charge in [0.2, 0.25) is 0 Å². The maximum absolute atomic E-state index is 12.5. The first-order valence-corrected chi connectivity index (χ1v) is 13.6. The van der Waals surface area contributed by atoms with Crippen LogP contribution in [-0.2, 0) is 9.47 Å². The number of ether oxygens (including phenoxy) is 2. The average Bonchev–Trinajstić information content (AvgIpc) is 3.08. The van der Waals surface area contributed by atoms with E-state index in [1.807, 2.05) is 0 Å². The van der Waals surface area contributed by atoms with Gasteiger partial charge < -0.3 is 19.7 Å². The Bertz CT molecular complexity index is 678. The zero-order valence-corrected chi connectivity index (χ0v) is 21.1. The van der Waals surface area contributed by atoms with E-state index >= 15 is 0 Å². The van der Waals surface area contributed by atoms with Gasteiger partial charge in [-0.1, -0.05) is 38.5 Å². The first-order chi connectivity index (χ1) is 16.2. The summed E-state index contributed by atoms with van der Waals surface area (Å²) in [5.41, 5.74) is -3.95. The Morgan fingerprint density at radius 2 is 0.941 bits per heavy atom. The summed E-state index contributed by atoms with van der Waals surface area (Å²) < 4.78 is 11.4. The van der Waals surface area contributed by atoms with E-state index in [4.69, 9.17) is 9.47 Å². The zero-order chi connectivity index (χ0) is 24.5. The monoisotopic (exact) mass is 480 g/mol. The quantitative estimate of drug-likeness (QED) is 0.448. The van der Waals surface area contributed by atoms with Crippen LogP contribution in [0.25, 0.3) is 0 Å². The van der Waals surface area contributed by atoms with E-state index in [9.17, 15) is 19.8 Å². The Balaban J connectivity index is 1.14. The Kier molecular flexibility index (Phi) is 7.40. The Morgan fingerprint density at radius 3 is 1.29 bits per heavy atom. The fourth-order valence-corrected chi connectivity index (χ4v) is 6.75. The number of aliphatic hydroxyl groups is 2. The third-order valence-electron chi connectivity index (χ3n) is 9.12. The van der Waals surface area contributed by atoms with Crippen LogP contribution in [0.1, 0.15) is 117 Å². The third kappa shape index (κ3) is 4.41. The van der Waals surface area contributed by atoms with Crippen LogP contribution in [0.5, 0.6) is 0 Å². The zero-order valence-electron chi connectivity index (χ0n) is 21.1. The fourth-order valence-electron chi connectivity index (χ4n) is 6.75. The second kappa shape index (κ2) is 9.84. The summed E-state index contributed by atoms with van der Waals surface area (Å²) in [6.45, 7) is 4.49. The van der Waals surface area contributed by atoms with Gasteiger partial charge in [0.25, 0.3) is 0 Å². The van der Waals surface area contributed by atoms with Gasteiger partial charge in [0, 0.05) is 13.1 Å². The molecule has 4 rings (SSSR count). The van der Waals surface area contributed by atoms with Crippen LogP contribution in [0.2, 0.25) is 0 Å². The maximum Gasteiger partial charge on any atom is 0.412 e. The summed E-state index contributed by atoms with van der Waals surface area (Å²) in [4.78, 5) is 28.0. The number of carbonyl (C=O) groups is 2. The van der Waals surface area contributed by atoms with Crippen LogP contribution in [0, 0.1) is 0 Å². The van der Waals surface area contributed by atoms with Crippen molar-refractivity contribution >= 4 is 12.2 Å². The Labute approximate surface area is 203 Å². The van der Waals surface area contributed by atoms with Crippen LogP contribution >= 0.6 is 0 Å². The lowest BCUT2D eigenvalue weighted by Crippen LogP contribution is -2.57. The molecule has 0 aromatic heterocycles. The normalized spacial score (nSPS) is 32.5. The molecule has 4 fully saturated rings. The number of nitrogens with zero attached hydrogens (tertiary/aromatic N) is 2. The SMILES string of the molecule is C[C@]1(O)N(CCCCCCCCN2C(=O)OC3(CCCCC3)[C@@]2(C)O)C(=O)OC12CCCCC2. The molecular formula is C26H44N2O6. The van der Waals surface area contributed by atoms with E-state index in [0.29, 0.717) is 13.1 Å². The molecular weight excluding hydrogens is 436 g/mol. The highest BCUT2D eigenvalue weighted by Crippen LogP contribution is 2.48. The van der Waals surface area contributed by atoms with Crippen molar-refractivity contribution in [3.05, 3.63) is 0 Å². The third-order valence-corrected chi connectivity index (χ3v) is 9.12. The fraction of sp³-hybridized carbons (Fsp3) is 0.923. The molecule has 0 radical (unpaired) electrons. The highest BCUT2D eigenvalue weighted by molar-refractivity contribution is 5.72. The van der Waals surface area contributed by atoms with E-state index in [-0.39, 0.29) is 12.2 Å². The van der Waals surface area contributed by atoms with Crippen molar-refractivity contribution in [3.8, 4) is 0 Å². The predicted octanol–water partition coefficient (Wildman–Crippen LogP) is 5.05. The molecule has 0 aromatic rings. The van der Waals surface area contributed by atoms with Crippen LogP contribution in [0.4, 0.5) is 9.59 Å². The summed E-state index contributed by atoms with van der Waals surface area (Å²) >= 11 is 0. The molecule has 2 saturated heterocycles. The molecule has 34 heavy (non-hydrogen) atoms. The second-order valence-corrected chi connectivity index (χ2v) is 11.3. The number of hydrogen-bond acceptors (Lipinski definition) is 6. The highest BCUT2D eigenvalue weighted by atomic mass is 16.6. The number of carbonyl (C=O) groups excluding carboxylic acids is 2. The van der Waals surface area contributed by atoms with Crippen molar-refractivity contribution in [2.24, 2.45) is 0 Å². The molecule has 2 amide bonds. The van der Waals surface area contributed by atoms with Crippen molar-refractivity contribution in [2.75, 3.05) is 13.1 Å². The summed E-state index contributed by atoms with van der Waals surface area (Å²) in [6.07, 6.45) is 14.1. The number of amides is 2. The van der Waals surface area contributed by atoms with Crippen molar-refractivity contribution in [2.45, 2.75) is 139 Å². The smallest absolute Gasteiger partial charge is 0.412 e. The van der Waals surface area contributed by atoms with Gasteiger partial charge >= 0.3 is 12.2 Å². The average molecular weight is 481 g/mol. The Morgan fingerprint density at radius 1 is 0.618 bits per heavy atom. The maximum atomic E-state index is 12.5. The highest BCUT2D eigenvalue weighted by Gasteiger charge is 2.62. The number of hydrogen-bond donors (Lipinski definition) is 2. The van der Waals surface area contributed by atoms with E-state index in [1.165, 1.54) is 9.80 Å². The standard InChI is InChI=1S/C26H44N2O6/c1-23(31)25(15-9-7-10-16-25)33-21(29)27(23)19-13-5-3-4-6-14-20-28-22(30)34-26(24(28,2)32)17-11-8-12-18-26/h31-32H,3-20H2,1-2H3/t23-,24-/m1/s1. The van der Waals surface area contributed by atoms with Gasteiger partial charge in [0.1, 0.15) is 0 Å². The minimum atomic E-state index is -1.23. The van der Waals surface area contributed by atoms with E-state index in [1.54, 1.807) is 13.8 Å². The summed E-state index contributed by atoms with van der Waals surface area (Å²) in [5, 5.41) is 22.3. The Hall–Kier alpha value is -1.54. The molecule has 2 heterocycles. The van der Waals surface area contributed by atoms with Crippen LogP contribution in [0.15, 0.2) is 0 Å². The number of unbranched alkanes of at least 4 members (excludes halogenated alkanes) is 5. The predicted molar refractivity (Wildman–Crippen MR) is 127 cm³/mol. The van der Waals surface area contributed by atoms with Crippen LogP contribution in [0.3, 0.4) is 0 Å². The molecule has 0 bridgehead atoms. The minimum Gasteiger partial charge on any atom is -0.438 e. The lowest BCUT2D eigenvalue weighted by atomic mass is 9.77. The summed E-state index contributed by atoms with van der Waals surface area (Å²) in [5.74, 6) is 0. The number of rotatable bonds is 9. The molecule has 8 heteroatoms. The van der Waals surface area contributed by atoms with Gasteiger partial charge in [-0.05, 0) is 78.1 Å². The lowest BCUT2D eigenvalue weighted by molar-refractivity contribution is -0.159. The molecule has 2 spiro atoms. The van der Waals surface area contributed by atoms with Crippen molar-refractivity contribution < 1.29 is 29.3 Å². The molecule has 0 aromatic carbocycles. The summed E-state index contributed by atoms with van der Waals surface area (Å²) in [6, 6.07) is 0. The van der Waals surface area contributed by atoms with Gasteiger partial charge in [-0.15, -0.1) is 0 Å². The van der Waals surface area contributed by atoms with Crippen molar-refractivity contribution in [1.82, 2.24) is 9.80 Å². The molecule has 2 aliphatic carbocycles. The topological polar surface area (TPSA) is 99.5 Å².